The Kier molecular flexibility index (Phi) is 2.78. The van der Waals surface area contributed by atoms with Gasteiger partial charge in [0.25, 0.3) is 0 Å². The van der Waals surface area contributed by atoms with Gasteiger partial charge in [-0.25, -0.2) is 0 Å². The van der Waals surface area contributed by atoms with Crippen molar-refractivity contribution < 1.29 is 4.74 Å². The summed E-state index contributed by atoms with van der Waals surface area (Å²) in [5.74, 6) is 0. The van der Waals surface area contributed by atoms with Crippen molar-refractivity contribution in [2.45, 2.75) is 19.8 Å². The van der Waals surface area contributed by atoms with Crippen molar-refractivity contribution in [1.29, 1.82) is 0 Å². The number of allylic oxidation sites excluding steroid dienone is 2. The fourth-order valence-electron chi connectivity index (χ4n) is 0.748. The first-order chi connectivity index (χ1) is 4.43. The van der Waals surface area contributed by atoms with Crippen LogP contribution in [0.5, 0.6) is 0 Å². The normalized spacial score (nSPS) is 15.4. The SMILES string of the molecule is CCOCCCC1=C[CH]1. The van der Waals surface area contributed by atoms with Crippen LogP contribution in [0.3, 0.4) is 0 Å². The lowest BCUT2D eigenvalue weighted by molar-refractivity contribution is 0.145. The molecule has 1 rings (SSSR count). The Morgan fingerprint density at radius 3 is 2.89 bits per heavy atom. The van der Waals surface area contributed by atoms with E-state index in [2.05, 4.69) is 12.5 Å². The van der Waals surface area contributed by atoms with E-state index < -0.39 is 0 Å². The highest BCUT2D eigenvalue weighted by molar-refractivity contribution is 5.38. The monoisotopic (exact) mass is 125 g/mol. The van der Waals surface area contributed by atoms with Gasteiger partial charge in [0.15, 0.2) is 0 Å². The van der Waals surface area contributed by atoms with Crippen molar-refractivity contribution in [1.82, 2.24) is 0 Å². The van der Waals surface area contributed by atoms with Gasteiger partial charge in [0.1, 0.15) is 0 Å². The second-order valence-corrected chi connectivity index (χ2v) is 2.21. The molecule has 0 aliphatic heterocycles. The molecule has 0 bridgehead atoms. The number of hydrogen-bond donors (Lipinski definition) is 0. The summed E-state index contributed by atoms with van der Waals surface area (Å²) in [6, 6.07) is 0. The van der Waals surface area contributed by atoms with Crippen LogP contribution in [0.1, 0.15) is 19.8 Å². The predicted octanol–water partition coefficient (Wildman–Crippen LogP) is 1.95. The molecule has 1 heteroatoms. The maximum atomic E-state index is 5.17. The van der Waals surface area contributed by atoms with Gasteiger partial charge in [0.05, 0.1) is 0 Å². The molecule has 0 saturated carbocycles. The summed E-state index contributed by atoms with van der Waals surface area (Å²) >= 11 is 0. The standard InChI is InChI=1S/C8H13O/c1-2-9-7-3-4-8-5-6-8/h5-6H,2-4,7H2,1H3. The Bertz CT molecular complexity index is 105. The van der Waals surface area contributed by atoms with Gasteiger partial charge >= 0.3 is 0 Å². The van der Waals surface area contributed by atoms with Crippen LogP contribution in [-0.2, 0) is 4.74 Å². The van der Waals surface area contributed by atoms with Crippen LogP contribution in [0.2, 0.25) is 0 Å². The zero-order valence-electron chi connectivity index (χ0n) is 5.89. The average Bonchev–Trinajstić information content (AvgIpc) is 2.63. The third-order valence-corrected chi connectivity index (χ3v) is 1.36. The lowest BCUT2D eigenvalue weighted by Crippen LogP contribution is -1.91. The van der Waals surface area contributed by atoms with E-state index in [1.54, 1.807) is 0 Å². The van der Waals surface area contributed by atoms with Crippen molar-refractivity contribution in [3.63, 3.8) is 0 Å². The molecule has 1 aliphatic rings. The number of hydrogen-bond acceptors (Lipinski definition) is 1. The molecule has 1 nitrogen and oxygen atoms in total. The van der Waals surface area contributed by atoms with Crippen molar-refractivity contribution in [3.05, 3.63) is 18.1 Å². The molecule has 0 fully saturated rings. The average molecular weight is 125 g/mol. The highest BCUT2D eigenvalue weighted by Crippen LogP contribution is 2.21. The van der Waals surface area contributed by atoms with E-state index in [1.165, 1.54) is 18.4 Å². The second-order valence-electron chi connectivity index (χ2n) is 2.21. The smallest absolute Gasteiger partial charge is 0.0468 e. The van der Waals surface area contributed by atoms with Crippen LogP contribution in [0, 0.1) is 6.42 Å². The van der Waals surface area contributed by atoms with E-state index in [0.29, 0.717) is 0 Å². The van der Waals surface area contributed by atoms with E-state index in [9.17, 15) is 0 Å². The zero-order valence-corrected chi connectivity index (χ0v) is 5.89. The third-order valence-electron chi connectivity index (χ3n) is 1.36. The lowest BCUT2D eigenvalue weighted by Gasteiger charge is -1.96. The number of rotatable bonds is 5. The zero-order chi connectivity index (χ0) is 6.53. The molecule has 51 valence electrons. The topological polar surface area (TPSA) is 9.23 Å². The van der Waals surface area contributed by atoms with Gasteiger partial charge in [-0.3, -0.25) is 0 Å². The van der Waals surface area contributed by atoms with Crippen molar-refractivity contribution in [2.24, 2.45) is 0 Å². The van der Waals surface area contributed by atoms with E-state index in [0.717, 1.165) is 13.2 Å². The van der Waals surface area contributed by atoms with Crippen LogP contribution in [0.4, 0.5) is 0 Å². The van der Waals surface area contributed by atoms with Crippen molar-refractivity contribution in [3.8, 4) is 0 Å². The molecule has 1 aliphatic carbocycles. The van der Waals surface area contributed by atoms with Gasteiger partial charge in [0.2, 0.25) is 0 Å². The molecular formula is C8H13O. The highest BCUT2D eigenvalue weighted by atomic mass is 16.5. The van der Waals surface area contributed by atoms with Crippen LogP contribution >= 0.6 is 0 Å². The molecule has 0 amide bonds. The maximum Gasteiger partial charge on any atom is 0.0468 e. The summed E-state index contributed by atoms with van der Waals surface area (Å²) in [7, 11) is 0. The highest BCUT2D eigenvalue weighted by Gasteiger charge is 2.05. The van der Waals surface area contributed by atoms with E-state index in [1.807, 2.05) is 6.92 Å². The van der Waals surface area contributed by atoms with E-state index >= 15 is 0 Å². The molecule has 0 aromatic rings. The summed E-state index contributed by atoms with van der Waals surface area (Å²) in [6.07, 6.45) is 6.70. The van der Waals surface area contributed by atoms with Gasteiger partial charge in [0, 0.05) is 19.6 Å². The van der Waals surface area contributed by atoms with E-state index in [-0.39, 0.29) is 0 Å². The van der Waals surface area contributed by atoms with Gasteiger partial charge in [-0.05, 0) is 19.8 Å². The molecule has 1 radical (unpaired) electrons. The molecule has 0 spiro atoms. The van der Waals surface area contributed by atoms with Crippen LogP contribution in [0.25, 0.3) is 0 Å². The molecule has 0 aromatic carbocycles. The Morgan fingerprint density at radius 1 is 1.56 bits per heavy atom. The quantitative estimate of drug-likeness (QED) is 0.510. The summed E-state index contributed by atoms with van der Waals surface area (Å²) < 4.78 is 5.17. The minimum absolute atomic E-state index is 0.850. The first-order valence-electron chi connectivity index (χ1n) is 3.55. The second kappa shape index (κ2) is 3.67. The van der Waals surface area contributed by atoms with Gasteiger partial charge < -0.3 is 4.74 Å². The predicted molar refractivity (Wildman–Crippen MR) is 38.1 cm³/mol. The van der Waals surface area contributed by atoms with Crippen LogP contribution in [0.15, 0.2) is 11.6 Å². The summed E-state index contributed by atoms with van der Waals surface area (Å²) in [4.78, 5) is 0. The van der Waals surface area contributed by atoms with Gasteiger partial charge in [-0.1, -0.05) is 11.6 Å². The Morgan fingerprint density at radius 2 is 2.33 bits per heavy atom. The summed E-state index contributed by atoms with van der Waals surface area (Å²) in [5, 5.41) is 0. The maximum absolute atomic E-state index is 5.17. The molecule has 9 heavy (non-hydrogen) atoms. The molecule has 0 unspecified atom stereocenters. The Labute approximate surface area is 56.7 Å². The Balaban J connectivity index is 1.76. The third kappa shape index (κ3) is 3.31. The summed E-state index contributed by atoms with van der Waals surface area (Å²) in [6.45, 7) is 3.80. The molecule has 0 aromatic heterocycles. The fourth-order valence-corrected chi connectivity index (χ4v) is 0.748. The molecular weight excluding hydrogens is 112 g/mol. The van der Waals surface area contributed by atoms with Gasteiger partial charge in [-0.15, -0.1) is 0 Å². The van der Waals surface area contributed by atoms with E-state index in [4.69, 9.17) is 4.74 Å². The lowest BCUT2D eigenvalue weighted by atomic mass is 10.3. The van der Waals surface area contributed by atoms with Crippen LogP contribution in [-0.4, -0.2) is 13.2 Å². The fraction of sp³-hybridized carbons (Fsp3) is 0.625. The largest absolute Gasteiger partial charge is 0.382 e. The first-order valence-corrected chi connectivity index (χ1v) is 3.55. The molecule has 0 saturated heterocycles. The Hall–Kier alpha value is -0.300. The van der Waals surface area contributed by atoms with Gasteiger partial charge in [-0.2, -0.15) is 0 Å². The first kappa shape index (κ1) is 6.81. The molecule has 0 heterocycles. The molecule has 0 N–H and O–H groups in total. The summed E-state index contributed by atoms with van der Waals surface area (Å²) in [5.41, 5.74) is 1.50. The van der Waals surface area contributed by atoms with Crippen molar-refractivity contribution >= 4 is 0 Å². The van der Waals surface area contributed by atoms with Crippen molar-refractivity contribution in [2.75, 3.05) is 13.2 Å². The number of ether oxygens (including phenoxy) is 1. The minimum Gasteiger partial charge on any atom is -0.382 e. The molecule has 0 atom stereocenters. The minimum atomic E-state index is 0.850. The van der Waals surface area contributed by atoms with Crippen LogP contribution < -0.4 is 0 Å².